The Bertz CT molecular complexity index is 401. The van der Waals surface area contributed by atoms with Crippen molar-refractivity contribution in [1.29, 1.82) is 0 Å². The second-order valence-electron chi connectivity index (χ2n) is 4.11. The van der Waals surface area contributed by atoms with Gasteiger partial charge in [-0.05, 0) is 20.3 Å². The molecule has 0 aliphatic carbocycles. The summed E-state index contributed by atoms with van der Waals surface area (Å²) in [7, 11) is 1.40. The van der Waals surface area contributed by atoms with Crippen molar-refractivity contribution in [2.45, 2.75) is 46.1 Å². The zero-order chi connectivity index (χ0) is 13.0. The number of hydrogen-bond acceptors (Lipinski definition) is 3. The normalized spacial score (nSPS) is 12.5. The van der Waals surface area contributed by atoms with Crippen LogP contribution in [0.5, 0.6) is 0 Å². The highest BCUT2D eigenvalue weighted by Gasteiger charge is 2.24. The first-order valence-corrected chi connectivity index (χ1v) is 6.19. The van der Waals surface area contributed by atoms with Gasteiger partial charge in [-0.3, -0.25) is 4.68 Å². The highest BCUT2D eigenvalue weighted by atomic mass is 35.5. The van der Waals surface area contributed by atoms with Gasteiger partial charge in [0, 0.05) is 0 Å². The van der Waals surface area contributed by atoms with E-state index < -0.39 is 0 Å². The van der Waals surface area contributed by atoms with Crippen LogP contribution in [0.2, 0.25) is 5.02 Å². The molecule has 0 bridgehead atoms. The first-order valence-electron chi connectivity index (χ1n) is 5.81. The quantitative estimate of drug-likeness (QED) is 0.763. The molecule has 0 amide bonds. The summed E-state index contributed by atoms with van der Waals surface area (Å²) in [6.07, 6.45) is 2.71. The van der Waals surface area contributed by atoms with Gasteiger partial charge in [0.1, 0.15) is 6.04 Å². The Morgan fingerprint density at radius 3 is 2.59 bits per heavy atom. The van der Waals surface area contributed by atoms with Crippen molar-refractivity contribution < 1.29 is 9.53 Å². The zero-order valence-electron chi connectivity index (χ0n) is 10.8. The number of esters is 1. The summed E-state index contributed by atoms with van der Waals surface area (Å²) in [6, 6.07) is -0.369. The maximum atomic E-state index is 11.8. The van der Waals surface area contributed by atoms with E-state index in [0.29, 0.717) is 5.02 Å². The molecule has 0 N–H and O–H groups in total. The third-order valence-corrected chi connectivity index (χ3v) is 3.38. The summed E-state index contributed by atoms with van der Waals surface area (Å²) in [5, 5.41) is 4.94. The number of methoxy groups -OCH3 is 1. The largest absolute Gasteiger partial charge is 0.467 e. The molecule has 0 fully saturated rings. The van der Waals surface area contributed by atoms with E-state index >= 15 is 0 Å². The van der Waals surface area contributed by atoms with E-state index in [9.17, 15) is 4.79 Å². The van der Waals surface area contributed by atoms with Gasteiger partial charge in [0.05, 0.1) is 23.5 Å². The second-order valence-corrected chi connectivity index (χ2v) is 4.49. The van der Waals surface area contributed by atoms with Gasteiger partial charge in [-0.2, -0.15) is 5.10 Å². The molecule has 0 saturated heterocycles. The van der Waals surface area contributed by atoms with Crippen LogP contribution in [0.3, 0.4) is 0 Å². The zero-order valence-corrected chi connectivity index (χ0v) is 11.5. The Morgan fingerprint density at radius 2 is 2.18 bits per heavy atom. The fourth-order valence-electron chi connectivity index (χ4n) is 1.82. The first-order chi connectivity index (χ1) is 8.02. The summed E-state index contributed by atoms with van der Waals surface area (Å²) in [6.45, 7) is 5.78. The van der Waals surface area contributed by atoms with Gasteiger partial charge in [-0.25, -0.2) is 4.79 Å². The number of unbranched alkanes of at least 4 members (excludes halogenated alkanes) is 1. The van der Waals surface area contributed by atoms with E-state index in [1.54, 1.807) is 4.68 Å². The predicted molar refractivity (Wildman–Crippen MR) is 67.3 cm³/mol. The van der Waals surface area contributed by atoms with E-state index in [4.69, 9.17) is 16.3 Å². The molecule has 0 spiro atoms. The van der Waals surface area contributed by atoms with Gasteiger partial charge in [-0.15, -0.1) is 0 Å². The lowest BCUT2D eigenvalue weighted by molar-refractivity contribution is -0.145. The lowest BCUT2D eigenvalue weighted by atomic mass is 10.1. The summed E-state index contributed by atoms with van der Waals surface area (Å²) in [5.74, 6) is -0.263. The molecule has 0 aromatic carbocycles. The minimum Gasteiger partial charge on any atom is -0.467 e. The molecule has 0 radical (unpaired) electrons. The Labute approximate surface area is 107 Å². The third-order valence-electron chi connectivity index (χ3n) is 2.84. The maximum absolute atomic E-state index is 11.8. The van der Waals surface area contributed by atoms with Crippen LogP contribution in [0.1, 0.15) is 43.6 Å². The van der Waals surface area contributed by atoms with Crippen LogP contribution in [0.15, 0.2) is 0 Å². The lowest BCUT2D eigenvalue weighted by Gasteiger charge is -2.16. The van der Waals surface area contributed by atoms with Crippen molar-refractivity contribution in [2.75, 3.05) is 7.11 Å². The van der Waals surface area contributed by atoms with Crippen LogP contribution in [-0.2, 0) is 9.53 Å². The van der Waals surface area contributed by atoms with Crippen LogP contribution in [0.4, 0.5) is 0 Å². The van der Waals surface area contributed by atoms with Gasteiger partial charge >= 0.3 is 5.97 Å². The number of rotatable bonds is 5. The summed E-state index contributed by atoms with van der Waals surface area (Å²) < 4.78 is 6.50. The average Bonchev–Trinajstić information content (AvgIpc) is 2.57. The van der Waals surface area contributed by atoms with Crippen molar-refractivity contribution in [3.8, 4) is 0 Å². The minimum atomic E-state index is -0.369. The average molecular weight is 259 g/mol. The predicted octanol–water partition coefficient (Wildman–Crippen LogP) is 3.06. The number of carbonyl (C=O) groups excluding carboxylic acids is 1. The minimum absolute atomic E-state index is 0.263. The van der Waals surface area contributed by atoms with E-state index in [1.807, 2.05) is 13.8 Å². The van der Waals surface area contributed by atoms with Crippen molar-refractivity contribution >= 4 is 17.6 Å². The Hall–Kier alpha value is -1.03. The molecule has 1 heterocycles. The fraction of sp³-hybridized carbons (Fsp3) is 0.667. The van der Waals surface area contributed by atoms with Gasteiger partial charge in [0.15, 0.2) is 0 Å². The Balaban J connectivity index is 3.03. The van der Waals surface area contributed by atoms with Crippen molar-refractivity contribution in [3.63, 3.8) is 0 Å². The summed E-state index contributed by atoms with van der Waals surface area (Å²) >= 11 is 6.09. The van der Waals surface area contributed by atoms with E-state index in [-0.39, 0.29) is 12.0 Å². The molecule has 5 heteroatoms. The van der Waals surface area contributed by atoms with Crippen LogP contribution in [0.25, 0.3) is 0 Å². The smallest absolute Gasteiger partial charge is 0.330 e. The van der Waals surface area contributed by atoms with Crippen LogP contribution < -0.4 is 0 Å². The molecule has 1 unspecified atom stereocenters. The molecule has 17 heavy (non-hydrogen) atoms. The van der Waals surface area contributed by atoms with E-state index in [1.165, 1.54) is 7.11 Å². The molecule has 1 rings (SSSR count). The molecule has 4 nitrogen and oxygen atoms in total. The molecule has 96 valence electrons. The van der Waals surface area contributed by atoms with Crippen LogP contribution in [-0.4, -0.2) is 22.9 Å². The number of carbonyl (C=O) groups is 1. The van der Waals surface area contributed by atoms with Crippen LogP contribution >= 0.6 is 11.6 Å². The summed E-state index contributed by atoms with van der Waals surface area (Å²) in [4.78, 5) is 11.8. The summed E-state index contributed by atoms with van der Waals surface area (Å²) in [5.41, 5.74) is 1.56. The number of aromatic nitrogens is 2. The number of aryl methyl sites for hydroxylation is 1. The van der Waals surface area contributed by atoms with E-state index in [0.717, 1.165) is 30.7 Å². The topological polar surface area (TPSA) is 44.1 Å². The molecular weight excluding hydrogens is 240 g/mol. The standard InChI is InChI=1S/C12H19ClN2O2/c1-5-6-7-10(12(16)17-4)15-9(3)11(13)8(2)14-15/h10H,5-7H2,1-4H3. The Morgan fingerprint density at radius 1 is 1.53 bits per heavy atom. The van der Waals surface area contributed by atoms with Crippen molar-refractivity contribution in [3.05, 3.63) is 16.4 Å². The molecule has 0 aliphatic rings. The van der Waals surface area contributed by atoms with Crippen molar-refractivity contribution in [1.82, 2.24) is 9.78 Å². The van der Waals surface area contributed by atoms with Crippen LogP contribution in [0, 0.1) is 13.8 Å². The molecule has 1 aromatic heterocycles. The molecule has 1 atom stereocenters. The van der Waals surface area contributed by atoms with E-state index in [2.05, 4.69) is 12.0 Å². The number of ether oxygens (including phenoxy) is 1. The highest BCUT2D eigenvalue weighted by molar-refractivity contribution is 6.31. The molecule has 0 saturated carbocycles. The van der Waals surface area contributed by atoms with Crippen molar-refractivity contribution in [2.24, 2.45) is 0 Å². The Kier molecular flexibility index (Phi) is 5.00. The number of halogens is 1. The van der Waals surface area contributed by atoms with Gasteiger partial charge in [-0.1, -0.05) is 31.4 Å². The van der Waals surface area contributed by atoms with Gasteiger partial charge in [0.25, 0.3) is 0 Å². The third kappa shape index (κ3) is 3.00. The van der Waals surface area contributed by atoms with Gasteiger partial charge < -0.3 is 4.74 Å². The highest BCUT2D eigenvalue weighted by Crippen LogP contribution is 2.25. The lowest BCUT2D eigenvalue weighted by Crippen LogP contribution is -2.23. The molecular formula is C12H19ClN2O2. The maximum Gasteiger partial charge on any atom is 0.330 e. The number of nitrogens with zero attached hydrogens (tertiary/aromatic N) is 2. The van der Waals surface area contributed by atoms with Gasteiger partial charge in [0.2, 0.25) is 0 Å². The first kappa shape index (κ1) is 14.0. The number of hydrogen-bond donors (Lipinski definition) is 0. The fourth-order valence-corrected chi connectivity index (χ4v) is 1.94. The second kappa shape index (κ2) is 6.05. The monoisotopic (exact) mass is 258 g/mol. The SMILES string of the molecule is CCCCC(C(=O)OC)n1nc(C)c(Cl)c1C. The molecule has 0 aliphatic heterocycles. The molecule has 1 aromatic rings.